The minimum atomic E-state index is -0.507. The Morgan fingerprint density at radius 1 is 1.21 bits per heavy atom. The van der Waals surface area contributed by atoms with Crippen LogP contribution in [0.3, 0.4) is 0 Å². The summed E-state index contributed by atoms with van der Waals surface area (Å²) < 4.78 is 10.4. The SMILES string of the molecule is COc1ccc2cc([C@H](C)C(=O)OCC(=O)Nc3nc(SC)n[nH]3)ccc2c1. The zero-order valence-corrected chi connectivity index (χ0v) is 16.5. The van der Waals surface area contributed by atoms with Crippen molar-refractivity contribution in [2.45, 2.75) is 18.0 Å². The number of nitrogens with one attached hydrogen (secondary N) is 2. The molecule has 1 atom stereocenters. The predicted octanol–water partition coefficient (Wildman–Crippen LogP) is 2.97. The van der Waals surface area contributed by atoms with E-state index in [1.54, 1.807) is 14.0 Å². The number of amides is 1. The third-order valence-corrected chi connectivity index (χ3v) is 4.72. The number of carbonyl (C=O) groups excluding carboxylic acids is 2. The number of benzene rings is 2. The van der Waals surface area contributed by atoms with Crippen LogP contribution < -0.4 is 10.1 Å². The van der Waals surface area contributed by atoms with Gasteiger partial charge >= 0.3 is 5.97 Å². The number of hydrogen-bond donors (Lipinski definition) is 2. The first-order valence-corrected chi connectivity index (χ1v) is 9.73. The van der Waals surface area contributed by atoms with Crippen LogP contribution in [0.5, 0.6) is 5.75 Å². The Morgan fingerprint density at radius 3 is 2.68 bits per heavy atom. The Hall–Kier alpha value is -3.07. The minimum Gasteiger partial charge on any atom is -0.497 e. The van der Waals surface area contributed by atoms with Gasteiger partial charge in [-0.25, -0.2) is 5.10 Å². The van der Waals surface area contributed by atoms with E-state index in [1.165, 1.54) is 11.8 Å². The first-order chi connectivity index (χ1) is 13.5. The van der Waals surface area contributed by atoms with Crippen LogP contribution in [0.4, 0.5) is 5.95 Å². The van der Waals surface area contributed by atoms with E-state index in [2.05, 4.69) is 20.5 Å². The number of thioether (sulfide) groups is 1. The summed E-state index contributed by atoms with van der Waals surface area (Å²) in [4.78, 5) is 28.3. The Morgan fingerprint density at radius 2 is 1.96 bits per heavy atom. The number of aromatic amines is 1. The fourth-order valence-electron chi connectivity index (χ4n) is 2.60. The number of ether oxygens (including phenoxy) is 2. The summed E-state index contributed by atoms with van der Waals surface area (Å²) in [5.74, 6) is -0.494. The number of hydrogen-bond acceptors (Lipinski definition) is 7. The van der Waals surface area contributed by atoms with Crippen LogP contribution in [0, 0.1) is 0 Å². The molecule has 0 radical (unpaired) electrons. The summed E-state index contributed by atoms with van der Waals surface area (Å²) in [7, 11) is 1.62. The van der Waals surface area contributed by atoms with E-state index in [-0.39, 0.29) is 5.95 Å². The number of fused-ring (bicyclic) bond motifs is 1. The molecule has 2 N–H and O–H groups in total. The molecule has 9 heteroatoms. The summed E-state index contributed by atoms with van der Waals surface area (Å²) in [6.07, 6.45) is 1.82. The molecule has 0 aliphatic rings. The van der Waals surface area contributed by atoms with Crippen molar-refractivity contribution in [2.24, 2.45) is 0 Å². The fourth-order valence-corrected chi connectivity index (χ4v) is 2.92. The molecule has 0 bridgehead atoms. The summed E-state index contributed by atoms with van der Waals surface area (Å²) in [6.45, 7) is 1.34. The van der Waals surface area contributed by atoms with Crippen molar-refractivity contribution < 1.29 is 19.1 Å². The van der Waals surface area contributed by atoms with Gasteiger partial charge in [0.05, 0.1) is 13.0 Å². The molecule has 0 unspecified atom stereocenters. The number of H-pyrrole nitrogens is 1. The molecule has 0 saturated heterocycles. The van der Waals surface area contributed by atoms with Crippen molar-refractivity contribution in [1.82, 2.24) is 15.2 Å². The number of esters is 1. The molecule has 1 amide bonds. The van der Waals surface area contributed by atoms with Crippen LogP contribution in [0.1, 0.15) is 18.4 Å². The average Bonchev–Trinajstić information content (AvgIpc) is 3.18. The number of carbonyl (C=O) groups is 2. The third kappa shape index (κ3) is 4.61. The van der Waals surface area contributed by atoms with Crippen molar-refractivity contribution in [1.29, 1.82) is 0 Å². The predicted molar refractivity (Wildman–Crippen MR) is 107 cm³/mol. The lowest BCUT2D eigenvalue weighted by Gasteiger charge is -2.13. The van der Waals surface area contributed by atoms with Gasteiger partial charge in [-0.1, -0.05) is 36.0 Å². The maximum absolute atomic E-state index is 12.3. The van der Waals surface area contributed by atoms with Gasteiger partial charge in [-0.15, -0.1) is 5.10 Å². The van der Waals surface area contributed by atoms with Crippen molar-refractivity contribution in [2.75, 3.05) is 25.3 Å². The summed E-state index contributed by atoms with van der Waals surface area (Å²) in [5, 5.41) is 11.5. The first kappa shape index (κ1) is 19.7. The molecular weight excluding hydrogens is 380 g/mol. The quantitative estimate of drug-likeness (QED) is 0.464. The summed E-state index contributed by atoms with van der Waals surface area (Å²) in [6, 6.07) is 11.5. The number of methoxy groups -OCH3 is 1. The van der Waals surface area contributed by atoms with Gasteiger partial charge in [0.2, 0.25) is 11.1 Å². The van der Waals surface area contributed by atoms with E-state index in [1.807, 2.05) is 42.7 Å². The Kier molecular flexibility index (Phi) is 6.15. The lowest BCUT2D eigenvalue weighted by Crippen LogP contribution is -2.23. The molecule has 3 aromatic rings. The first-order valence-electron chi connectivity index (χ1n) is 8.50. The average molecular weight is 400 g/mol. The highest BCUT2D eigenvalue weighted by molar-refractivity contribution is 7.98. The monoisotopic (exact) mass is 400 g/mol. The van der Waals surface area contributed by atoms with E-state index in [0.717, 1.165) is 22.1 Å². The lowest BCUT2D eigenvalue weighted by molar-refractivity contribution is -0.148. The smallest absolute Gasteiger partial charge is 0.313 e. The van der Waals surface area contributed by atoms with Gasteiger partial charge in [0, 0.05) is 0 Å². The second kappa shape index (κ2) is 8.75. The number of nitrogens with zero attached hydrogens (tertiary/aromatic N) is 2. The van der Waals surface area contributed by atoms with Crippen molar-refractivity contribution >= 4 is 40.4 Å². The molecule has 1 aromatic heterocycles. The van der Waals surface area contributed by atoms with E-state index >= 15 is 0 Å². The zero-order valence-electron chi connectivity index (χ0n) is 15.7. The Balaban J connectivity index is 1.59. The molecule has 0 spiro atoms. The normalized spacial score (nSPS) is 11.8. The topological polar surface area (TPSA) is 106 Å². The van der Waals surface area contributed by atoms with Crippen LogP contribution in [-0.2, 0) is 14.3 Å². The summed E-state index contributed by atoms with van der Waals surface area (Å²) >= 11 is 1.34. The van der Waals surface area contributed by atoms with Crippen LogP contribution in [0.2, 0.25) is 0 Å². The molecular formula is C19H20N4O4S. The Bertz CT molecular complexity index is 1000. The standard InChI is InChI=1S/C19H20N4O4S/c1-11(12-4-5-14-9-15(26-2)7-6-13(14)8-12)17(25)27-10-16(24)20-18-21-19(28-3)23-22-18/h4-9,11H,10H2,1-3H3,(H2,20,21,22,23,24)/t11-/m0/s1. The molecule has 28 heavy (non-hydrogen) atoms. The van der Waals surface area contributed by atoms with Gasteiger partial charge in [-0.05, 0) is 41.6 Å². The maximum atomic E-state index is 12.3. The van der Waals surface area contributed by atoms with Gasteiger partial charge in [-0.2, -0.15) is 4.98 Å². The molecule has 2 aromatic carbocycles. The van der Waals surface area contributed by atoms with Crippen molar-refractivity contribution in [3.63, 3.8) is 0 Å². The molecule has 0 fully saturated rings. The highest BCUT2D eigenvalue weighted by Crippen LogP contribution is 2.25. The van der Waals surface area contributed by atoms with Gasteiger partial charge < -0.3 is 9.47 Å². The van der Waals surface area contributed by atoms with E-state index < -0.39 is 24.4 Å². The summed E-state index contributed by atoms with van der Waals surface area (Å²) in [5.41, 5.74) is 0.808. The van der Waals surface area contributed by atoms with E-state index in [0.29, 0.717) is 5.16 Å². The van der Waals surface area contributed by atoms with Gasteiger partial charge in [-0.3, -0.25) is 14.9 Å². The van der Waals surface area contributed by atoms with Crippen LogP contribution in [0.25, 0.3) is 10.8 Å². The van der Waals surface area contributed by atoms with E-state index in [4.69, 9.17) is 9.47 Å². The zero-order chi connectivity index (χ0) is 20.1. The largest absolute Gasteiger partial charge is 0.497 e. The van der Waals surface area contributed by atoms with Gasteiger partial charge in [0.1, 0.15) is 5.75 Å². The molecule has 146 valence electrons. The van der Waals surface area contributed by atoms with E-state index in [9.17, 15) is 9.59 Å². The lowest BCUT2D eigenvalue weighted by atomic mass is 9.98. The maximum Gasteiger partial charge on any atom is 0.313 e. The van der Waals surface area contributed by atoms with Crippen LogP contribution >= 0.6 is 11.8 Å². The van der Waals surface area contributed by atoms with Crippen molar-refractivity contribution in [3.8, 4) is 5.75 Å². The highest BCUT2D eigenvalue weighted by Gasteiger charge is 2.19. The fraction of sp³-hybridized carbons (Fsp3) is 0.263. The molecule has 0 aliphatic carbocycles. The molecule has 3 rings (SSSR count). The minimum absolute atomic E-state index is 0.211. The number of aromatic nitrogens is 3. The third-order valence-electron chi connectivity index (χ3n) is 4.18. The number of rotatable bonds is 7. The van der Waals surface area contributed by atoms with Crippen molar-refractivity contribution in [3.05, 3.63) is 42.0 Å². The second-order valence-electron chi connectivity index (χ2n) is 6.02. The van der Waals surface area contributed by atoms with Crippen LogP contribution in [0.15, 0.2) is 41.6 Å². The van der Waals surface area contributed by atoms with Crippen LogP contribution in [-0.4, -0.2) is 47.0 Å². The van der Waals surface area contributed by atoms with Gasteiger partial charge in [0.15, 0.2) is 6.61 Å². The molecule has 8 nitrogen and oxygen atoms in total. The number of anilines is 1. The highest BCUT2D eigenvalue weighted by atomic mass is 32.2. The molecule has 0 saturated carbocycles. The molecule has 1 heterocycles. The second-order valence-corrected chi connectivity index (χ2v) is 6.79. The Labute approximate surface area is 166 Å². The van der Waals surface area contributed by atoms with Gasteiger partial charge in [0.25, 0.3) is 5.91 Å². The molecule has 0 aliphatic heterocycles.